The highest BCUT2D eigenvalue weighted by atomic mass is 32.1. The van der Waals surface area contributed by atoms with Crippen molar-refractivity contribution >= 4 is 17.2 Å². The van der Waals surface area contributed by atoms with Gasteiger partial charge in [0.05, 0.1) is 12.5 Å². The van der Waals surface area contributed by atoms with E-state index < -0.39 is 0 Å². The summed E-state index contributed by atoms with van der Waals surface area (Å²) in [6.07, 6.45) is 6.64. The lowest BCUT2D eigenvalue weighted by atomic mass is 10.0. The molecule has 2 heterocycles. The van der Waals surface area contributed by atoms with Crippen molar-refractivity contribution in [3.05, 3.63) is 57.3 Å². The van der Waals surface area contributed by atoms with Gasteiger partial charge in [-0.1, -0.05) is 24.3 Å². The second kappa shape index (κ2) is 7.71. The van der Waals surface area contributed by atoms with E-state index in [0.29, 0.717) is 19.0 Å². The molecule has 132 valence electrons. The second-order valence-electron chi connectivity index (χ2n) is 7.21. The van der Waals surface area contributed by atoms with E-state index in [9.17, 15) is 4.79 Å². The highest BCUT2D eigenvalue weighted by Crippen LogP contribution is 2.28. The van der Waals surface area contributed by atoms with Crippen LogP contribution in [0.2, 0.25) is 0 Å². The zero-order valence-corrected chi connectivity index (χ0v) is 15.5. The first-order valence-corrected chi connectivity index (χ1v) is 10.3. The van der Waals surface area contributed by atoms with E-state index in [1.807, 2.05) is 0 Å². The van der Waals surface area contributed by atoms with Crippen LogP contribution in [-0.4, -0.2) is 30.4 Å². The molecule has 1 aliphatic carbocycles. The average molecular weight is 355 g/mol. The maximum atomic E-state index is 12.5. The molecule has 1 aromatic carbocycles. The number of carbonyl (C=O) groups excluding carboxylic acids is 1. The van der Waals surface area contributed by atoms with Gasteiger partial charge in [0.25, 0.3) is 0 Å². The predicted octanol–water partition coefficient (Wildman–Crippen LogP) is 3.73. The van der Waals surface area contributed by atoms with Crippen LogP contribution in [0.3, 0.4) is 0 Å². The van der Waals surface area contributed by atoms with Crippen LogP contribution in [0.1, 0.15) is 46.9 Å². The highest BCUT2D eigenvalue weighted by Gasteiger charge is 2.24. The Balaban J connectivity index is 1.36. The summed E-state index contributed by atoms with van der Waals surface area (Å²) in [6.45, 7) is 3.00. The molecule has 0 saturated carbocycles. The SMILES string of the molecule is O=C(Cc1ccc2c(c1)CCC2)NC[C@H](c1cccs1)N1CCCC1. The Kier molecular flexibility index (Phi) is 5.18. The number of likely N-dealkylation sites (tertiary alicyclic amines) is 1. The average Bonchev–Trinajstić information content (AvgIpc) is 3.37. The molecule has 2 aromatic rings. The van der Waals surface area contributed by atoms with E-state index in [1.165, 1.54) is 48.1 Å². The zero-order valence-electron chi connectivity index (χ0n) is 14.7. The number of benzene rings is 1. The van der Waals surface area contributed by atoms with Crippen LogP contribution in [-0.2, 0) is 24.1 Å². The van der Waals surface area contributed by atoms with E-state index in [-0.39, 0.29) is 5.91 Å². The molecule has 0 bridgehead atoms. The molecule has 1 fully saturated rings. The van der Waals surface area contributed by atoms with Crippen molar-refractivity contribution in [1.29, 1.82) is 0 Å². The first kappa shape index (κ1) is 16.8. The van der Waals surface area contributed by atoms with Gasteiger partial charge in [-0.3, -0.25) is 9.69 Å². The largest absolute Gasteiger partial charge is 0.354 e. The molecule has 2 aliphatic rings. The van der Waals surface area contributed by atoms with Crippen LogP contribution < -0.4 is 5.32 Å². The standard InChI is InChI=1S/C21H26N2OS/c24-21(14-16-8-9-17-5-3-6-18(17)13-16)22-15-19(20-7-4-12-25-20)23-10-1-2-11-23/h4,7-9,12-13,19H,1-3,5-6,10-11,14-15H2,(H,22,24)/t19-/m1/s1. The maximum absolute atomic E-state index is 12.5. The van der Waals surface area contributed by atoms with Crippen molar-refractivity contribution in [2.75, 3.05) is 19.6 Å². The zero-order chi connectivity index (χ0) is 17.1. The molecule has 4 heteroatoms. The van der Waals surface area contributed by atoms with Gasteiger partial charge < -0.3 is 5.32 Å². The van der Waals surface area contributed by atoms with Crippen molar-refractivity contribution in [3.8, 4) is 0 Å². The van der Waals surface area contributed by atoms with Gasteiger partial charge in [0.1, 0.15) is 0 Å². The molecule has 1 aliphatic heterocycles. The summed E-state index contributed by atoms with van der Waals surface area (Å²) in [5.74, 6) is 0.138. The summed E-state index contributed by atoms with van der Waals surface area (Å²) in [6, 6.07) is 11.2. The number of fused-ring (bicyclic) bond motifs is 1. The maximum Gasteiger partial charge on any atom is 0.224 e. The van der Waals surface area contributed by atoms with Crippen molar-refractivity contribution in [2.24, 2.45) is 0 Å². The Bertz CT molecular complexity index is 720. The van der Waals surface area contributed by atoms with Crippen LogP contribution in [0.5, 0.6) is 0 Å². The Morgan fingerprint density at radius 2 is 1.96 bits per heavy atom. The number of thiophene rings is 1. The van der Waals surface area contributed by atoms with Crippen LogP contribution in [0.25, 0.3) is 0 Å². The molecular formula is C21H26N2OS. The minimum absolute atomic E-state index is 0.138. The van der Waals surface area contributed by atoms with Crippen LogP contribution in [0.15, 0.2) is 35.7 Å². The van der Waals surface area contributed by atoms with E-state index in [0.717, 1.165) is 18.7 Å². The summed E-state index contributed by atoms with van der Waals surface area (Å²) in [5.41, 5.74) is 4.06. The molecule has 1 amide bonds. The lowest BCUT2D eigenvalue weighted by Crippen LogP contribution is -2.37. The van der Waals surface area contributed by atoms with E-state index >= 15 is 0 Å². The third-order valence-corrected chi connectivity index (χ3v) is 6.45. The van der Waals surface area contributed by atoms with Gasteiger partial charge in [-0.25, -0.2) is 0 Å². The van der Waals surface area contributed by atoms with Gasteiger partial charge in [-0.15, -0.1) is 11.3 Å². The Hall–Kier alpha value is -1.65. The Morgan fingerprint density at radius 1 is 1.12 bits per heavy atom. The predicted molar refractivity (Wildman–Crippen MR) is 103 cm³/mol. The second-order valence-corrected chi connectivity index (χ2v) is 8.19. The molecule has 1 atom stereocenters. The molecular weight excluding hydrogens is 328 g/mol. The van der Waals surface area contributed by atoms with Crippen molar-refractivity contribution < 1.29 is 4.79 Å². The van der Waals surface area contributed by atoms with Gasteiger partial charge in [0.2, 0.25) is 5.91 Å². The van der Waals surface area contributed by atoms with E-state index in [1.54, 1.807) is 11.3 Å². The molecule has 1 saturated heterocycles. The number of amides is 1. The first-order chi connectivity index (χ1) is 12.3. The fourth-order valence-electron chi connectivity index (χ4n) is 4.14. The number of carbonyl (C=O) groups is 1. The third kappa shape index (κ3) is 3.96. The summed E-state index contributed by atoms with van der Waals surface area (Å²) in [5, 5.41) is 5.32. The minimum atomic E-state index is 0.138. The van der Waals surface area contributed by atoms with Crippen LogP contribution in [0.4, 0.5) is 0 Å². The molecule has 1 N–H and O–H groups in total. The third-order valence-electron chi connectivity index (χ3n) is 5.47. The van der Waals surface area contributed by atoms with E-state index in [2.05, 4.69) is 45.9 Å². The number of nitrogens with zero attached hydrogens (tertiary/aromatic N) is 1. The number of hydrogen-bond donors (Lipinski definition) is 1. The molecule has 4 rings (SSSR count). The number of rotatable bonds is 6. The quantitative estimate of drug-likeness (QED) is 0.857. The van der Waals surface area contributed by atoms with E-state index in [4.69, 9.17) is 0 Å². The minimum Gasteiger partial charge on any atom is -0.354 e. The summed E-state index contributed by atoms with van der Waals surface area (Å²) in [7, 11) is 0. The summed E-state index contributed by atoms with van der Waals surface area (Å²) < 4.78 is 0. The topological polar surface area (TPSA) is 32.3 Å². The summed E-state index contributed by atoms with van der Waals surface area (Å²) in [4.78, 5) is 16.4. The lowest BCUT2D eigenvalue weighted by molar-refractivity contribution is -0.120. The monoisotopic (exact) mass is 354 g/mol. The molecule has 1 aromatic heterocycles. The fraction of sp³-hybridized carbons (Fsp3) is 0.476. The summed E-state index contributed by atoms with van der Waals surface area (Å²) >= 11 is 1.79. The highest BCUT2D eigenvalue weighted by molar-refractivity contribution is 7.10. The normalized spacial score (nSPS) is 18.2. The molecule has 3 nitrogen and oxygen atoms in total. The molecule has 0 radical (unpaired) electrons. The van der Waals surface area contributed by atoms with Gasteiger partial charge >= 0.3 is 0 Å². The van der Waals surface area contributed by atoms with Gasteiger partial charge in [0, 0.05) is 11.4 Å². The van der Waals surface area contributed by atoms with Gasteiger partial charge in [-0.05, 0) is 73.3 Å². The van der Waals surface area contributed by atoms with Crippen LogP contribution >= 0.6 is 11.3 Å². The molecule has 0 spiro atoms. The lowest BCUT2D eigenvalue weighted by Gasteiger charge is -2.27. The molecule has 0 unspecified atom stereocenters. The van der Waals surface area contributed by atoms with Crippen molar-refractivity contribution in [3.63, 3.8) is 0 Å². The Labute approximate surface area is 154 Å². The van der Waals surface area contributed by atoms with Crippen molar-refractivity contribution in [1.82, 2.24) is 10.2 Å². The van der Waals surface area contributed by atoms with Crippen molar-refractivity contribution in [2.45, 2.75) is 44.6 Å². The fourth-order valence-corrected chi connectivity index (χ4v) is 5.00. The Morgan fingerprint density at radius 3 is 2.76 bits per heavy atom. The number of aryl methyl sites for hydroxylation is 2. The number of nitrogens with one attached hydrogen (secondary N) is 1. The first-order valence-electron chi connectivity index (χ1n) is 9.44. The number of hydrogen-bond acceptors (Lipinski definition) is 3. The van der Waals surface area contributed by atoms with Crippen LogP contribution in [0, 0.1) is 0 Å². The van der Waals surface area contributed by atoms with Gasteiger partial charge in [0.15, 0.2) is 0 Å². The molecule has 25 heavy (non-hydrogen) atoms. The van der Waals surface area contributed by atoms with Gasteiger partial charge in [-0.2, -0.15) is 0 Å². The smallest absolute Gasteiger partial charge is 0.224 e.